The summed E-state index contributed by atoms with van der Waals surface area (Å²) in [6.07, 6.45) is -2.24. The summed E-state index contributed by atoms with van der Waals surface area (Å²) in [5, 5.41) is 0. The molecule has 0 bridgehead atoms. The van der Waals surface area contributed by atoms with Gasteiger partial charge in [0.1, 0.15) is 0 Å². The maximum atomic E-state index is 11.5. The van der Waals surface area contributed by atoms with Crippen LogP contribution in [-0.4, -0.2) is 16.3 Å². The van der Waals surface area contributed by atoms with Gasteiger partial charge < -0.3 is 4.74 Å². The molecule has 0 radical (unpaired) electrons. The molecule has 0 amide bonds. The van der Waals surface area contributed by atoms with Crippen LogP contribution in [0.25, 0.3) is 0 Å². The normalized spacial score (nSPS) is 11.3. The number of rotatable bonds is 1. The van der Waals surface area contributed by atoms with Crippen LogP contribution in [0.15, 0.2) is 12.4 Å². The molecule has 1 aromatic rings. The first kappa shape index (κ1) is 8.76. The Balaban J connectivity index is 2.71. The van der Waals surface area contributed by atoms with Crippen LogP contribution in [0.1, 0.15) is 5.56 Å². The van der Waals surface area contributed by atoms with Gasteiger partial charge in [0.2, 0.25) is 0 Å². The summed E-state index contributed by atoms with van der Waals surface area (Å²) >= 11 is 0. The number of hydrogen-bond donors (Lipinski definition) is 0. The lowest BCUT2D eigenvalue weighted by Crippen LogP contribution is -2.18. The van der Waals surface area contributed by atoms with Crippen molar-refractivity contribution in [3.8, 4) is 6.01 Å². The summed E-state index contributed by atoms with van der Waals surface area (Å²) in [5.41, 5.74) is 0.671. The van der Waals surface area contributed by atoms with Crippen molar-refractivity contribution in [2.45, 2.75) is 13.3 Å². The maximum absolute atomic E-state index is 11.5. The Hall–Kier alpha value is -1.33. The maximum Gasteiger partial charge on any atom is 0.575 e. The highest BCUT2D eigenvalue weighted by molar-refractivity contribution is 5.04. The molecule has 0 atom stereocenters. The lowest BCUT2D eigenvalue weighted by molar-refractivity contribution is -0.277. The third-order valence-corrected chi connectivity index (χ3v) is 0.964. The highest BCUT2D eigenvalue weighted by Crippen LogP contribution is 2.18. The fourth-order valence-electron chi connectivity index (χ4n) is 0.537. The van der Waals surface area contributed by atoms with E-state index in [9.17, 15) is 13.2 Å². The SMILES string of the molecule is Cc1cnc(OC(F)(F)F)nc1. The van der Waals surface area contributed by atoms with Gasteiger partial charge in [-0.25, -0.2) is 9.97 Å². The van der Waals surface area contributed by atoms with Gasteiger partial charge in [-0.1, -0.05) is 0 Å². The van der Waals surface area contributed by atoms with E-state index in [1.54, 1.807) is 6.92 Å². The van der Waals surface area contributed by atoms with E-state index in [1.165, 1.54) is 12.4 Å². The molecule has 0 fully saturated rings. The number of aryl methyl sites for hydroxylation is 1. The zero-order valence-electron chi connectivity index (χ0n) is 6.09. The highest BCUT2D eigenvalue weighted by atomic mass is 19.4. The van der Waals surface area contributed by atoms with Gasteiger partial charge in [0.25, 0.3) is 0 Å². The summed E-state index contributed by atoms with van der Waals surface area (Å²) in [6, 6.07) is -0.687. The van der Waals surface area contributed by atoms with Crippen LogP contribution in [0.4, 0.5) is 13.2 Å². The monoisotopic (exact) mass is 178 g/mol. The number of alkyl halides is 3. The second-order valence-corrected chi connectivity index (χ2v) is 2.09. The first-order valence-electron chi connectivity index (χ1n) is 3.02. The lowest BCUT2D eigenvalue weighted by atomic mass is 10.4. The summed E-state index contributed by atoms with van der Waals surface area (Å²) in [7, 11) is 0. The van der Waals surface area contributed by atoms with Gasteiger partial charge in [0.05, 0.1) is 0 Å². The number of aromatic nitrogens is 2. The third-order valence-electron chi connectivity index (χ3n) is 0.964. The van der Waals surface area contributed by atoms with E-state index in [1.807, 2.05) is 0 Å². The average Bonchev–Trinajstić information content (AvgIpc) is 1.91. The second-order valence-electron chi connectivity index (χ2n) is 2.09. The Morgan fingerprint density at radius 1 is 1.25 bits per heavy atom. The lowest BCUT2D eigenvalue weighted by Gasteiger charge is -2.05. The van der Waals surface area contributed by atoms with E-state index in [0.29, 0.717) is 5.56 Å². The van der Waals surface area contributed by atoms with E-state index in [2.05, 4.69) is 14.7 Å². The van der Waals surface area contributed by atoms with Crippen molar-refractivity contribution in [3.05, 3.63) is 18.0 Å². The van der Waals surface area contributed by atoms with Gasteiger partial charge in [-0.2, -0.15) is 0 Å². The van der Waals surface area contributed by atoms with Crippen LogP contribution in [0.2, 0.25) is 0 Å². The van der Waals surface area contributed by atoms with Crippen molar-refractivity contribution >= 4 is 0 Å². The molecule has 0 aliphatic carbocycles. The van der Waals surface area contributed by atoms with Crippen LogP contribution in [0.3, 0.4) is 0 Å². The van der Waals surface area contributed by atoms with Crippen molar-refractivity contribution in [2.75, 3.05) is 0 Å². The van der Waals surface area contributed by atoms with Crippen molar-refractivity contribution in [1.29, 1.82) is 0 Å². The summed E-state index contributed by atoms with van der Waals surface area (Å²) in [4.78, 5) is 6.62. The molecule has 1 heterocycles. The largest absolute Gasteiger partial charge is 0.575 e. The van der Waals surface area contributed by atoms with Gasteiger partial charge in [0, 0.05) is 12.4 Å². The topological polar surface area (TPSA) is 35.0 Å². The molecular formula is C6H5F3N2O. The minimum atomic E-state index is -4.73. The molecule has 66 valence electrons. The van der Waals surface area contributed by atoms with Crippen molar-refractivity contribution < 1.29 is 17.9 Å². The first-order chi connectivity index (χ1) is 5.47. The fourth-order valence-corrected chi connectivity index (χ4v) is 0.537. The molecule has 0 aliphatic rings. The quantitative estimate of drug-likeness (QED) is 0.656. The molecule has 12 heavy (non-hydrogen) atoms. The second kappa shape index (κ2) is 2.96. The van der Waals surface area contributed by atoms with E-state index in [-0.39, 0.29) is 0 Å². The smallest absolute Gasteiger partial charge is 0.371 e. The van der Waals surface area contributed by atoms with Crippen LogP contribution >= 0.6 is 0 Å². The van der Waals surface area contributed by atoms with Gasteiger partial charge in [-0.05, 0) is 12.5 Å². The van der Waals surface area contributed by atoms with E-state index >= 15 is 0 Å². The molecule has 0 aromatic carbocycles. The van der Waals surface area contributed by atoms with Crippen LogP contribution in [0.5, 0.6) is 6.01 Å². The molecule has 1 rings (SSSR count). The van der Waals surface area contributed by atoms with Crippen molar-refractivity contribution in [3.63, 3.8) is 0 Å². The molecule has 0 saturated carbocycles. The number of ether oxygens (including phenoxy) is 1. The zero-order chi connectivity index (χ0) is 9.19. The Morgan fingerprint density at radius 3 is 2.17 bits per heavy atom. The predicted molar refractivity (Wildman–Crippen MR) is 33.5 cm³/mol. The Kier molecular flexibility index (Phi) is 2.16. The molecular weight excluding hydrogens is 173 g/mol. The Labute approximate surface area is 66.2 Å². The molecule has 1 aromatic heterocycles. The standard InChI is InChI=1S/C6H5F3N2O/c1-4-2-10-5(11-3-4)12-6(7,8)9/h2-3H,1H3. The Morgan fingerprint density at radius 2 is 1.75 bits per heavy atom. The minimum absolute atomic E-state index is 0.671. The third kappa shape index (κ3) is 2.73. The number of halogens is 3. The predicted octanol–water partition coefficient (Wildman–Crippen LogP) is 1.68. The highest BCUT2D eigenvalue weighted by Gasteiger charge is 2.32. The molecule has 0 saturated heterocycles. The van der Waals surface area contributed by atoms with E-state index in [4.69, 9.17) is 0 Å². The van der Waals surface area contributed by atoms with Crippen molar-refractivity contribution in [1.82, 2.24) is 9.97 Å². The van der Waals surface area contributed by atoms with Crippen LogP contribution < -0.4 is 4.74 Å². The fraction of sp³-hybridized carbons (Fsp3) is 0.333. The van der Waals surface area contributed by atoms with E-state index in [0.717, 1.165) is 0 Å². The molecule has 0 N–H and O–H groups in total. The first-order valence-corrected chi connectivity index (χ1v) is 3.02. The molecule has 0 unspecified atom stereocenters. The summed E-state index contributed by atoms with van der Waals surface area (Å²) in [5.74, 6) is 0. The number of hydrogen-bond acceptors (Lipinski definition) is 3. The van der Waals surface area contributed by atoms with E-state index < -0.39 is 12.4 Å². The molecule has 3 nitrogen and oxygen atoms in total. The van der Waals surface area contributed by atoms with Gasteiger partial charge in [-0.15, -0.1) is 13.2 Å². The summed E-state index contributed by atoms with van der Waals surface area (Å²) < 4.78 is 38.1. The summed E-state index contributed by atoms with van der Waals surface area (Å²) in [6.45, 7) is 1.66. The number of nitrogens with zero attached hydrogens (tertiary/aromatic N) is 2. The van der Waals surface area contributed by atoms with Crippen LogP contribution in [0, 0.1) is 6.92 Å². The molecule has 0 aliphatic heterocycles. The van der Waals surface area contributed by atoms with Gasteiger partial charge >= 0.3 is 12.4 Å². The molecule has 0 spiro atoms. The minimum Gasteiger partial charge on any atom is -0.371 e. The zero-order valence-corrected chi connectivity index (χ0v) is 6.09. The van der Waals surface area contributed by atoms with Gasteiger partial charge in [0.15, 0.2) is 0 Å². The Bertz CT molecular complexity index is 256. The van der Waals surface area contributed by atoms with Crippen molar-refractivity contribution in [2.24, 2.45) is 0 Å². The van der Waals surface area contributed by atoms with Crippen LogP contribution in [-0.2, 0) is 0 Å². The van der Waals surface area contributed by atoms with Gasteiger partial charge in [-0.3, -0.25) is 0 Å². The average molecular weight is 178 g/mol. The molecule has 6 heteroatoms.